The highest BCUT2D eigenvalue weighted by molar-refractivity contribution is 5.67. The molecule has 0 radical (unpaired) electrons. The standard InChI is InChI=1S/C14H21FN2/c1-10-7-13(12(16)8-11(10)15)17-9-14(2)5-3-4-6-14/h7-8,17H,3-6,9,16H2,1-2H3. The zero-order valence-corrected chi connectivity index (χ0v) is 10.6. The van der Waals surface area contributed by atoms with Gasteiger partial charge in [-0.2, -0.15) is 0 Å². The molecule has 1 aliphatic carbocycles. The Morgan fingerprint density at radius 1 is 1.35 bits per heavy atom. The molecule has 0 heterocycles. The molecule has 0 aliphatic heterocycles. The van der Waals surface area contributed by atoms with E-state index in [9.17, 15) is 4.39 Å². The molecule has 0 bridgehead atoms. The molecular weight excluding hydrogens is 215 g/mol. The molecule has 1 aromatic rings. The molecule has 0 saturated heterocycles. The van der Waals surface area contributed by atoms with Gasteiger partial charge in [-0.3, -0.25) is 0 Å². The lowest BCUT2D eigenvalue weighted by Crippen LogP contribution is -2.23. The second-order valence-electron chi connectivity index (χ2n) is 5.56. The van der Waals surface area contributed by atoms with E-state index in [0.717, 1.165) is 12.2 Å². The Kier molecular flexibility index (Phi) is 3.27. The molecule has 2 nitrogen and oxygen atoms in total. The molecule has 1 aliphatic rings. The first-order valence-corrected chi connectivity index (χ1v) is 6.30. The fraction of sp³-hybridized carbons (Fsp3) is 0.571. The number of aryl methyl sites for hydroxylation is 1. The topological polar surface area (TPSA) is 38.0 Å². The SMILES string of the molecule is Cc1cc(NCC2(C)CCCC2)c(N)cc1F. The van der Waals surface area contributed by atoms with Crippen LogP contribution in [0.15, 0.2) is 12.1 Å². The highest BCUT2D eigenvalue weighted by atomic mass is 19.1. The third kappa shape index (κ3) is 2.71. The van der Waals surface area contributed by atoms with Gasteiger partial charge in [-0.1, -0.05) is 19.8 Å². The summed E-state index contributed by atoms with van der Waals surface area (Å²) < 4.78 is 13.3. The number of nitrogens with one attached hydrogen (secondary N) is 1. The van der Waals surface area contributed by atoms with E-state index in [1.807, 2.05) is 0 Å². The summed E-state index contributed by atoms with van der Waals surface area (Å²) in [6, 6.07) is 3.19. The molecule has 3 N–H and O–H groups in total. The second-order valence-corrected chi connectivity index (χ2v) is 5.56. The molecule has 1 saturated carbocycles. The molecule has 1 aromatic carbocycles. The minimum Gasteiger partial charge on any atom is -0.397 e. The van der Waals surface area contributed by atoms with E-state index in [-0.39, 0.29) is 5.82 Å². The fourth-order valence-electron chi connectivity index (χ4n) is 2.56. The molecule has 94 valence electrons. The maximum Gasteiger partial charge on any atom is 0.128 e. The minimum atomic E-state index is -0.236. The van der Waals surface area contributed by atoms with Crippen molar-refractivity contribution in [3.05, 3.63) is 23.5 Å². The van der Waals surface area contributed by atoms with E-state index in [4.69, 9.17) is 5.73 Å². The molecule has 0 atom stereocenters. The maximum absolute atomic E-state index is 13.3. The summed E-state index contributed by atoms with van der Waals surface area (Å²) in [6.45, 7) is 4.99. The van der Waals surface area contributed by atoms with Crippen molar-refractivity contribution in [2.75, 3.05) is 17.6 Å². The summed E-state index contributed by atoms with van der Waals surface area (Å²) in [6.07, 6.45) is 5.16. The molecule has 1 fully saturated rings. The molecule has 3 heteroatoms. The number of halogens is 1. The van der Waals surface area contributed by atoms with Crippen LogP contribution in [-0.4, -0.2) is 6.54 Å². The molecule has 0 amide bonds. The fourth-order valence-corrected chi connectivity index (χ4v) is 2.56. The van der Waals surface area contributed by atoms with E-state index in [0.29, 0.717) is 16.7 Å². The van der Waals surface area contributed by atoms with Crippen LogP contribution in [-0.2, 0) is 0 Å². The summed E-state index contributed by atoms with van der Waals surface area (Å²) in [4.78, 5) is 0. The van der Waals surface area contributed by atoms with Gasteiger partial charge in [0.05, 0.1) is 11.4 Å². The molecule has 0 aromatic heterocycles. The summed E-state index contributed by atoms with van der Waals surface area (Å²) >= 11 is 0. The van der Waals surface area contributed by atoms with Crippen molar-refractivity contribution < 1.29 is 4.39 Å². The van der Waals surface area contributed by atoms with E-state index in [1.54, 1.807) is 13.0 Å². The van der Waals surface area contributed by atoms with Crippen molar-refractivity contribution in [3.63, 3.8) is 0 Å². The van der Waals surface area contributed by atoms with Gasteiger partial charge in [-0.25, -0.2) is 4.39 Å². The molecular formula is C14H21FN2. The lowest BCUT2D eigenvalue weighted by Gasteiger charge is -2.25. The largest absolute Gasteiger partial charge is 0.397 e. The molecule has 0 spiro atoms. The van der Waals surface area contributed by atoms with Crippen LogP contribution >= 0.6 is 0 Å². The first-order valence-electron chi connectivity index (χ1n) is 6.30. The van der Waals surface area contributed by atoms with Gasteiger partial charge in [0.2, 0.25) is 0 Å². The van der Waals surface area contributed by atoms with Crippen LogP contribution in [0.2, 0.25) is 0 Å². The van der Waals surface area contributed by atoms with Gasteiger partial charge >= 0.3 is 0 Å². The van der Waals surface area contributed by atoms with Crippen LogP contribution in [0.4, 0.5) is 15.8 Å². The van der Waals surface area contributed by atoms with Crippen molar-refractivity contribution in [3.8, 4) is 0 Å². The number of rotatable bonds is 3. The number of nitrogen functional groups attached to an aromatic ring is 1. The smallest absolute Gasteiger partial charge is 0.128 e. The van der Waals surface area contributed by atoms with Crippen molar-refractivity contribution in [1.29, 1.82) is 0 Å². The number of benzene rings is 1. The Morgan fingerprint density at radius 3 is 2.65 bits per heavy atom. The van der Waals surface area contributed by atoms with Gasteiger partial charge in [-0.05, 0) is 42.9 Å². The molecule has 0 unspecified atom stereocenters. The Balaban J connectivity index is 2.06. The second kappa shape index (κ2) is 4.55. The first kappa shape index (κ1) is 12.2. The van der Waals surface area contributed by atoms with Crippen molar-refractivity contribution in [1.82, 2.24) is 0 Å². The van der Waals surface area contributed by atoms with Crippen LogP contribution in [0.25, 0.3) is 0 Å². The average molecular weight is 236 g/mol. The van der Waals surface area contributed by atoms with E-state index < -0.39 is 0 Å². The van der Waals surface area contributed by atoms with Gasteiger partial charge in [0.15, 0.2) is 0 Å². The van der Waals surface area contributed by atoms with Crippen LogP contribution < -0.4 is 11.1 Å². The van der Waals surface area contributed by atoms with Gasteiger partial charge in [-0.15, -0.1) is 0 Å². The first-order chi connectivity index (χ1) is 8.00. The predicted octanol–water partition coefficient (Wildman–Crippen LogP) is 3.71. The van der Waals surface area contributed by atoms with E-state index >= 15 is 0 Å². The Hall–Kier alpha value is -1.25. The lowest BCUT2D eigenvalue weighted by molar-refractivity contribution is 0.362. The Labute approximate surface area is 102 Å². The summed E-state index contributed by atoms with van der Waals surface area (Å²) in [5.74, 6) is -0.236. The van der Waals surface area contributed by atoms with Crippen molar-refractivity contribution in [2.45, 2.75) is 39.5 Å². The van der Waals surface area contributed by atoms with Gasteiger partial charge in [0.1, 0.15) is 5.82 Å². The normalized spacial score (nSPS) is 18.3. The quantitative estimate of drug-likeness (QED) is 0.785. The summed E-state index contributed by atoms with van der Waals surface area (Å²) in [7, 11) is 0. The molecule has 17 heavy (non-hydrogen) atoms. The number of anilines is 2. The zero-order valence-electron chi connectivity index (χ0n) is 10.6. The summed E-state index contributed by atoms with van der Waals surface area (Å²) in [5.41, 5.74) is 8.18. The van der Waals surface area contributed by atoms with Crippen LogP contribution in [0.3, 0.4) is 0 Å². The number of hydrogen-bond acceptors (Lipinski definition) is 2. The van der Waals surface area contributed by atoms with Crippen molar-refractivity contribution >= 4 is 11.4 Å². The van der Waals surface area contributed by atoms with Crippen molar-refractivity contribution in [2.24, 2.45) is 5.41 Å². The van der Waals surface area contributed by atoms with Gasteiger partial charge in [0.25, 0.3) is 0 Å². The van der Waals surface area contributed by atoms with Crippen LogP contribution in [0.5, 0.6) is 0 Å². The third-order valence-corrected chi connectivity index (χ3v) is 3.85. The zero-order chi connectivity index (χ0) is 12.5. The monoisotopic (exact) mass is 236 g/mol. The molecule has 2 rings (SSSR count). The lowest BCUT2D eigenvalue weighted by atomic mass is 9.89. The highest BCUT2D eigenvalue weighted by Crippen LogP contribution is 2.38. The van der Waals surface area contributed by atoms with Gasteiger partial charge in [0, 0.05) is 6.54 Å². The maximum atomic E-state index is 13.3. The predicted molar refractivity (Wildman–Crippen MR) is 70.6 cm³/mol. The number of nitrogens with two attached hydrogens (primary N) is 1. The Bertz CT molecular complexity index is 409. The average Bonchev–Trinajstić information content (AvgIpc) is 2.69. The Morgan fingerprint density at radius 2 is 2.00 bits per heavy atom. The van der Waals surface area contributed by atoms with Crippen LogP contribution in [0.1, 0.15) is 38.2 Å². The van der Waals surface area contributed by atoms with E-state index in [1.165, 1.54) is 31.7 Å². The van der Waals surface area contributed by atoms with Crippen LogP contribution in [0, 0.1) is 18.2 Å². The summed E-state index contributed by atoms with van der Waals surface area (Å²) in [5, 5.41) is 3.37. The number of hydrogen-bond donors (Lipinski definition) is 2. The third-order valence-electron chi connectivity index (χ3n) is 3.85. The van der Waals surface area contributed by atoms with Gasteiger partial charge < -0.3 is 11.1 Å². The van der Waals surface area contributed by atoms with E-state index in [2.05, 4.69) is 12.2 Å². The minimum absolute atomic E-state index is 0.236. The highest BCUT2D eigenvalue weighted by Gasteiger charge is 2.28.